The zero-order valence-electron chi connectivity index (χ0n) is 16.2. The molecule has 6 heteroatoms. The van der Waals surface area contributed by atoms with Gasteiger partial charge in [-0.05, 0) is 80.8 Å². The third-order valence-corrected chi connectivity index (χ3v) is 6.09. The lowest BCUT2D eigenvalue weighted by Crippen LogP contribution is -2.36. The molecule has 3 aliphatic rings. The zero-order valence-corrected chi connectivity index (χ0v) is 16.2. The van der Waals surface area contributed by atoms with Gasteiger partial charge in [0.25, 0.3) is 11.8 Å². The van der Waals surface area contributed by atoms with Crippen molar-refractivity contribution >= 4 is 11.8 Å². The molecule has 2 heterocycles. The van der Waals surface area contributed by atoms with Crippen molar-refractivity contribution < 1.29 is 9.59 Å². The van der Waals surface area contributed by atoms with E-state index in [0.29, 0.717) is 17.9 Å². The molecule has 0 aromatic heterocycles. The summed E-state index contributed by atoms with van der Waals surface area (Å²) in [7, 11) is 0. The number of azo groups is 1. The Hall–Kier alpha value is -2.34. The van der Waals surface area contributed by atoms with E-state index in [4.69, 9.17) is 0 Å². The second kappa shape index (κ2) is 8.78. The molecular weight excluding hydrogens is 352 g/mol. The van der Waals surface area contributed by atoms with Crippen molar-refractivity contribution in [2.75, 3.05) is 19.6 Å². The number of benzene rings is 1. The Morgan fingerprint density at radius 1 is 1.18 bits per heavy atom. The van der Waals surface area contributed by atoms with E-state index in [9.17, 15) is 9.59 Å². The molecule has 1 aromatic rings. The lowest BCUT2D eigenvalue weighted by Gasteiger charge is -2.26. The molecule has 1 unspecified atom stereocenters. The van der Waals surface area contributed by atoms with Crippen LogP contribution in [0, 0.1) is 5.92 Å². The highest BCUT2D eigenvalue weighted by atomic mass is 16.2. The highest BCUT2D eigenvalue weighted by Gasteiger charge is 2.29. The summed E-state index contributed by atoms with van der Waals surface area (Å²) in [5, 5.41) is 14.6. The van der Waals surface area contributed by atoms with Gasteiger partial charge in [-0.25, -0.2) is 0 Å². The summed E-state index contributed by atoms with van der Waals surface area (Å²) in [5.74, 6) is 0.389. The number of carbonyl (C=O) groups is 2. The predicted molar refractivity (Wildman–Crippen MR) is 107 cm³/mol. The third kappa shape index (κ3) is 4.38. The van der Waals surface area contributed by atoms with E-state index in [2.05, 4.69) is 20.9 Å². The van der Waals surface area contributed by atoms with Crippen LogP contribution in [-0.4, -0.2) is 37.5 Å². The maximum atomic E-state index is 12.6. The fraction of sp³-hybridized carbons (Fsp3) is 0.545. The maximum Gasteiger partial charge on any atom is 0.291 e. The van der Waals surface area contributed by atoms with Gasteiger partial charge in [-0.2, -0.15) is 5.11 Å². The van der Waals surface area contributed by atoms with Gasteiger partial charge in [0.15, 0.2) is 0 Å². The lowest BCUT2D eigenvalue weighted by molar-refractivity contribution is -0.115. The van der Waals surface area contributed by atoms with Gasteiger partial charge >= 0.3 is 0 Å². The molecule has 1 saturated heterocycles. The van der Waals surface area contributed by atoms with Crippen LogP contribution >= 0.6 is 0 Å². The maximum absolute atomic E-state index is 12.6. The van der Waals surface area contributed by atoms with Gasteiger partial charge in [0, 0.05) is 24.1 Å². The average molecular weight is 380 g/mol. The SMILES string of the molecule is O=C1N=NC(Cc2cccc(C(=O)NCC3CCNCC3)c2)C2=C1CCCC2. The van der Waals surface area contributed by atoms with Crippen LogP contribution in [0.25, 0.3) is 0 Å². The van der Waals surface area contributed by atoms with Crippen LogP contribution < -0.4 is 10.6 Å². The molecule has 28 heavy (non-hydrogen) atoms. The Kier molecular flexibility index (Phi) is 5.95. The van der Waals surface area contributed by atoms with Crippen molar-refractivity contribution in [3.8, 4) is 0 Å². The van der Waals surface area contributed by atoms with E-state index in [0.717, 1.165) is 74.9 Å². The Morgan fingerprint density at radius 2 is 2.00 bits per heavy atom. The summed E-state index contributed by atoms with van der Waals surface area (Å²) in [4.78, 5) is 24.6. The van der Waals surface area contributed by atoms with Crippen molar-refractivity contribution in [1.29, 1.82) is 0 Å². The summed E-state index contributed by atoms with van der Waals surface area (Å²) in [6, 6.07) is 7.70. The Labute approximate surface area is 165 Å². The largest absolute Gasteiger partial charge is 0.352 e. The first-order valence-corrected chi connectivity index (χ1v) is 10.5. The van der Waals surface area contributed by atoms with E-state index in [1.54, 1.807) is 0 Å². The topological polar surface area (TPSA) is 82.9 Å². The van der Waals surface area contributed by atoms with Crippen LogP contribution in [-0.2, 0) is 11.2 Å². The van der Waals surface area contributed by atoms with Gasteiger partial charge in [-0.3, -0.25) is 9.59 Å². The number of nitrogens with one attached hydrogen (secondary N) is 2. The van der Waals surface area contributed by atoms with E-state index >= 15 is 0 Å². The number of hydrogen-bond acceptors (Lipinski definition) is 4. The zero-order chi connectivity index (χ0) is 19.3. The second-order valence-corrected chi connectivity index (χ2v) is 8.06. The van der Waals surface area contributed by atoms with Gasteiger partial charge in [0.1, 0.15) is 0 Å². The average Bonchev–Trinajstić information content (AvgIpc) is 2.75. The molecule has 0 saturated carbocycles. The van der Waals surface area contributed by atoms with Gasteiger partial charge in [0.2, 0.25) is 0 Å². The summed E-state index contributed by atoms with van der Waals surface area (Å²) in [5.41, 5.74) is 3.78. The molecule has 148 valence electrons. The molecule has 1 aromatic carbocycles. The van der Waals surface area contributed by atoms with Crippen LogP contribution in [0.4, 0.5) is 0 Å². The first kappa shape index (κ1) is 19.0. The summed E-state index contributed by atoms with van der Waals surface area (Å²) in [6.07, 6.45) is 6.83. The van der Waals surface area contributed by atoms with Crippen LogP contribution in [0.1, 0.15) is 54.4 Å². The highest BCUT2D eigenvalue weighted by molar-refractivity contribution is 5.96. The fourth-order valence-corrected chi connectivity index (χ4v) is 4.44. The number of piperidine rings is 1. The Morgan fingerprint density at radius 3 is 2.86 bits per heavy atom. The molecular formula is C22H28N4O2. The third-order valence-electron chi connectivity index (χ3n) is 6.09. The van der Waals surface area contributed by atoms with Gasteiger partial charge < -0.3 is 10.6 Å². The Bertz CT molecular complexity index is 809. The van der Waals surface area contributed by atoms with E-state index < -0.39 is 0 Å². The summed E-state index contributed by atoms with van der Waals surface area (Å²) in [6.45, 7) is 2.80. The number of hydrogen-bond donors (Lipinski definition) is 2. The standard InChI is InChI=1S/C22H28N4O2/c27-21(24-14-15-8-10-23-11-9-15)17-5-3-4-16(12-17)13-20-18-6-1-2-7-19(18)22(28)26-25-20/h3-5,12,15,20,23H,1-2,6-11,13-14H2,(H,24,27). The molecule has 6 nitrogen and oxygen atoms in total. The smallest absolute Gasteiger partial charge is 0.291 e. The fourth-order valence-electron chi connectivity index (χ4n) is 4.44. The molecule has 2 N–H and O–H groups in total. The van der Waals surface area contributed by atoms with E-state index in [-0.39, 0.29) is 17.9 Å². The molecule has 2 aliphatic heterocycles. The van der Waals surface area contributed by atoms with Crippen LogP contribution in [0.2, 0.25) is 0 Å². The molecule has 1 fully saturated rings. The molecule has 4 rings (SSSR count). The van der Waals surface area contributed by atoms with Crippen molar-refractivity contribution in [2.24, 2.45) is 16.1 Å². The minimum absolute atomic E-state index is 0.0154. The van der Waals surface area contributed by atoms with Crippen molar-refractivity contribution in [3.63, 3.8) is 0 Å². The van der Waals surface area contributed by atoms with Gasteiger partial charge in [0.05, 0.1) is 6.04 Å². The summed E-state index contributed by atoms with van der Waals surface area (Å²) < 4.78 is 0. The van der Waals surface area contributed by atoms with E-state index in [1.165, 1.54) is 0 Å². The predicted octanol–water partition coefficient (Wildman–Crippen LogP) is 3.19. The van der Waals surface area contributed by atoms with Crippen molar-refractivity contribution in [2.45, 2.75) is 51.0 Å². The number of carbonyl (C=O) groups excluding carboxylic acids is 2. The van der Waals surface area contributed by atoms with Crippen molar-refractivity contribution in [3.05, 3.63) is 46.5 Å². The normalized spacial score (nSPS) is 22.9. The first-order valence-electron chi connectivity index (χ1n) is 10.5. The van der Waals surface area contributed by atoms with Gasteiger partial charge in [-0.15, -0.1) is 5.11 Å². The molecule has 2 amide bonds. The van der Waals surface area contributed by atoms with Crippen molar-refractivity contribution in [1.82, 2.24) is 10.6 Å². The highest BCUT2D eigenvalue weighted by Crippen LogP contribution is 2.33. The molecule has 0 bridgehead atoms. The van der Waals surface area contributed by atoms with Crippen LogP contribution in [0.15, 0.2) is 45.6 Å². The lowest BCUT2D eigenvalue weighted by atomic mass is 9.84. The Balaban J connectivity index is 1.41. The monoisotopic (exact) mass is 380 g/mol. The summed E-state index contributed by atoms with van der Waals surface area (Å²) >= 11 is 0. The number of rotatable bonds is 5. The van der Waals surface area contributed by atoms with E-state index in [1.807, 2.05) is 24.3 Å². The molecule has 1 atom stereocenters. The minimum Gasteiger partial charge on any atom is -0.352 e. The number of nitrogens with zero attached hydrogens (tertiary/aromatic N) is 2. The first-order chi connectivity index (χ1) is 13.7. The van der Waals surface area contributed by atoms with Gasteiger partial charge in [-0.1, -0.05) is 12.1 Å². The molecule has 1 aliphatic carbocycles. The molecule has 0 spiro atoms. The van der Waals surface area contributed by atoms with Crippen LogP contribution in [0.3, 0.4) is 0 Å². The molecule has 0 radical (unpaired) electrons. The number of amides is 2. The van der Waals surface area contributed by atoms with Crippen LogP contribution in [0.5, 0.6) is 0 Å². The second-order valence-electron chi connectivity index (χ2n) is 8.06. The minimum atomic E-state index is -0.156. The quantitative estimate of drug-likeness (QED) is 0.823.